The number of hydrogen-bond acceptors (Lipinski definition) is 3. The molecular formula is C26H22O3. The van der Waals surface area contributed by atoms with Crippen LogP contribution in [0, 0.1) is 6.92 Å². The van der Waals surface area contributed by atoms with Crippen LogP contribution in [0.4, 0.5) is 0 Å². The van der Waals surface area contributed by atoms with Gasteiger partial charge < -0.3 is 15.3 Å². The van der Waals surface area contributed by atoms with Crippen molar-refractivity contribution in [3.05, 3.63) is 125 Å². The highest BCUT2D eigenvalue weighted by molar-refractivity contribution is 5.67. The summed E-state index contributed by atoms with van der Waals surface area (Å²) in [6.07, 6.45) is 0. The zero-order valence-corrected chi connectivity index (χ0v) is 16.1. The van der Waals surface area contributed by atoms with Crippen molar-refractivity contribution in [2.24, 2.45) is 0 Å². The molecule has 4 aromatic carbocycles. The molecule has 0 bridgehead atoms. The van der Waals surface area contributed by atoms with Crippen LogP contribution in [0.15, 0.2) is 97.1 Å². The van der Waals surface area contributed by atoms with Crippen molar-refractivity contribution in [1.29, 1.82) is 0 Å². The Morgan fingerprint density at radius 1 is 0.517 bits per heavy atom. The van der Waals surface area contributed by atoms with E-state index in [2.05, 4.69) is 0 Å². The number of benzene rings is 4. The van der Waals surface area contributed by atoms with Gasteiger partial charge >= 0.3 is 0 Å². The van der Waals surface area contributed by atoms with Crippen LogP contribution in [0.1, 0.15) is 27.8 Å². The lowest BCUT2D eigenvalue weighted by atomic mass is 9.64. The molecule has 0 unspecified atom stereocenters. The fourth-order valence-corrected chi connectivity index (χ4v) is 4.11. The monoisotopic (exact) mass is 382 g/mol. The summed E-state index contributed by atoms with van der Waals surface area (Å²) < 4.78 is 0. The van der Waals surface area contributed by atoms with Crippen LogP contribution < -0.4 is 0 Å². The van der Waals surface area contributed by atoms with Gasteiger partial charge in [0.2, 0.25) is 0 Å². The average molecular weight is 382 g/mol. The second kappa shape index (κ2) is 7.36. The molecule has 0 saturated heterocycles. The molecule has 3 heteroatoms. The molecule has 0 spiro atoms. The van der Waals surface area contributed by atoms with E-state index in [-0.39, 0.29) is 17.2 Å². The standard InChI is InChI=1S/C26H22O3/c1-18-10-8-15-21(24(18)28)26(19-11-4-2-5-12-19,20-13-6-3-7-14-20)22-16-9-17-23(27)25(22)29/h2-17,27-29H,1H3. The summed E-state index contributed by atoms with van der Waals surface area (Å²) in [5.41, 5.74) is 2.58. The summed E-state index contributed by atoms with van der Waals surface area (Å²) in [4.78, 5) is 0. The van der Waals surface area contributed by atoms with Crippen molar-refractivity contribution in [2.45, 2.75) is 12.3 Å². The molecule has 0 radical (unpaired) electrons. The summed E-state index contributed by atoms with van der Waals surface area (Å²) in [6.45, 7) is 1.85. The van der Waals surface area contributed by atoms with E-state index in [0.29, 0.717) is 11.1 Å². The zero-order valence-electron chi connectivity index (χ0n) is 16.1. The van der Waals surface area contributed by atoms with Gasteiger partial charge in [-0.15, -0.1) is 0 Å². The van der Waals surface area contributed by atoms with Crippen molar-refractivity contribution in [3.63, 3.8) is 0 Å². The highest BCUT2D eigenvalue weighted by Gasteiger charge is 2.42. The summed E-state index contributed by atoms with van der Waals surface area (Å²) in [7, 11) is 0. The molecule has 4 rings (SSSR count). The Hall–Kier alpha value is -3.72. The summed E-state index contributed by atoms with van der Waals surface area (Å²) >= 11 is 0. The topological polar surface area (TPSA) is 60.7 Å². The van der Waals surface area contributed by atoms with Crippen molar-refractivity contribution in [1.82, 2.24) is 0 Å². The van der Waals surface area contributed by atoms with Gasteiger partial charge in [0.15, 0.2) is 11.5 Å². The number of rotatable bonds is 4. The van der Waals surface area contributed by atoms with Crippen LogP contribution in [0.25, 0.3) is 0 Å². The van der Waals surface area contributed by atoms with E-state index in [0.717, 1.165) is 16.7 Å². The molecule has 4 aromatic rings. The first-order chi connectivity index (χ1) is 14.1. The molecule has 0 amide bonds. The molecule has 0 aliphatic heterocycles. The minimum absolute atomic E-state index is 0.156. The summed E-state index contributed by atoms with van der Waals surface area (Å²) in [5, 5.41) is 32.4. The predicted molar refractivity (Wildman–Crippen MR) is 114 cm³/mol. The molecule has 0 aliphatic carbocycles. The first-order valence-electron chi connectivity index (χ1n) is 9.48. The lowest BCUT2D eigenvalue weighted by Crippen LogP contribution is -2.31. The van der Waals surface area contributed by atoms with E-state index in [4.69, 9.17) is 0 Å². The third kappa shape index (κ3) is 2.92. The van der Waals surface area contributed by atoms with Crippen LogP contribution >= 0.6 is 0 Å². The largest absolute Gasteiger partial charge is 0.507 e. The number of hydrogen-bond donors (Lipinski definition) is 3. The lowest BCUT2D eigenvalue weighted by Gasteiger charge is -2.37. The SMILES string of the molecule is Cc1cccc(C(c2ccccc2)(c2ccccc2)c2cccc(O)c2O)c1O. The van der Waals surface area contributed by atoms with E-state index < -0.39 is 5.41 Å². The van der Waals surface area contributed by atoms with Crippen LogP contribution in [0.5, 0.6) is 17.2 Å². The van der Waals surface area contributed by atoms with Gasteiger partial charge in [0, 0.05) is 11.1 Å². The normalized spacial score (nSPS) is 11.3. The predicted octanol–water partition coefficient (Wildman–Crippen LogP) is 5.49. The fourth-order valence-electron chi connectivity index (χ4n) is 4.11. The van der Waals surface area contributed by atoms with Crippen LogP contribution in [-0.2, 0) is 5.41 Å². The third-order valence-electron chi connectivity index (χ3n) is 5.47. The van der Waals surface area contributed by atoms with E-state index in [9.17, 15) is 15.3 Å². The second-order valence-corrected chi connectivity index (χ2v) is 7.13. The minimum Gasteiger partial charge on any atom is -0.507 e. The Bertz CT molecular complexity index is 1040. The number of aryl methyl sites for hydroxylation is 1. The van der Waals surface area contributed by atoms with Crippen LogP contribution in [-0.4, -0.2) is 15.3 Å². The van der Waals surface area contributed by atoms with E-state index in [1.807, 2.05) is 85.8 Å². The van der Waals surface area contributed by atoms with E-state index in [1.165, 1.54) is 6.07 Å². The van der Waals surface area contributed by atoms with Crippen molar-refractivity contribution in [2.75, 3.05) is 0 Å². The zero-order chi connectivity index (χ0) is 20.4. The van der Waals surface area contributed by atoms with Gasteiger partial charge in [-0.1, -0.05) is 91.0 Å². The van der Waals surface area contributed by atoms with Crippen molar-refractivity contribution in [3.8, 4) is 17.2 Å². The van der Waals surface area contributed by atoms with Gasteiger partial charge in [0.05, 0.1) is 5.41 Å². The summed E-state index contributed by atoms with van der Waals surface area (Å²) in [5.74, 6) is -0.255. The molecule has 144 valence electrons. The van der Waals surface area contributed by atoms with Crippen LogP contribution in [0.2, 0.25) is 0 Å². The molecule has 29 heavy (non-hydrogen) atoms. The minimum atomic E-state index is -1.03. The van der Waals surface area contributed by atoms with Crippen molar-refractivity contribution >= 4 is 0 Å². The molecule has 3 nitrogen and oxygen atoms in total. The molecule has 3 N–H and O–H groups in total. The molecule has 0 saturated carbocycles. The Balaban J connectivity index is 2.24. The maximum Gasteiger partial charge on any atom is 0.162 e. The lowest BCUT2D eigenvalue weighted by molar-refractivity contribution is 0.394. The Kier molecular flexibility index (Phi) is 4.73. The Morgan fingerprint density at radius 2 is 1.00 bits per heavy atom. The first kappa shape index (κ1) is 18.6. The summed E-state index contributed by atoms with van der Waals surface area (Å²) in [6, 6.07) is 30.0. The maximum atomic E-state index is 11.1. The number of phenolic OH excluding ortho intramolecular Hbond substituents is 3. The highest BCUT2D eigenvalue weighted by Crippen LogP contribution is 2.52. The average Bonchev–Trinajstić information content (AvgIpc) is 2.76. The highest BCUT2D eigenvalue weighted by atomic mass is 16.3. The van der Waals surface area contributed by atoms with Gasteiger partial charge in [-0.05, 0) is 29.7 Å². The third-order valence-corrected chi connectivity index (χ3v) is 5.47. The number of para-hydroxylation sites is 2. The van der Waals surface area contributed by atoms with Gasteiger partial charge in [-0.25, -0.2) is 0 Å². The molecular weight excluding hydrogens is 360 g/mol. The molecule has 0 atom stereocenters. The molecule has 0 fully saturated rings. The molecule has 0 aromatic heterocycles. The second-order valence-electron chi connectivity index (χ2n) is 7.13. The van der Waals surface area contributed by atoms with E-state index >= 15 is 0 Å². The van der Waals surface area contributed by atoms with Gasteiger partial charge in [-0.3, -0.25) is 0 Å². The number of aromatic hydroxyl groups is 3. The quantitative estimate of drug-likeness (QED) is 0.323. The first-order valence-corrected chi connectivity index (χ1v) is 9.48. The Labute approximate surface area is 170 Å². The Morgan fingerprint density at radius 3 is 1.55 bits per heavy atom. The van der Waals surface area contributed by atoms with Crippen LogP contribution in [0.3, 0.4) is 0 Å². The molecule has 0 heterocycles. The molecule has 0 aliphatic rings. The van der Waals surface area contributed by atoms with E-state index in [1.54, 1.807) is 12.1 Å². The smallest absolute Gasteiger partial charge is 0.162 e. The fraction of sp³-hybridized carbons (Fsp3) is 0.0769. The van der Waals surface area contributed by atoms with Gasteiger partial charge in [0.1, 0.15) is 5.75 Å². The van der Waals surface area contributed by atoms with Gasteiger partial charge in [-0.2, -0.15) is 0 Å². The van der Waals surface area contributed by atoms with Crippen molar-refractivity contribution < 1.29 is 15.3 Å². The number of phenols is 3. The van der Waals surface area contributed by atoms with Gasteiger partial charge in [0.25, 0.3) is 0 Å². The maximum absolute atomic E-state index is 11.1.